The lowest BCUT2D eigenvalue weighted by molar-refractivity contribution is -0.143. The van der Waals surface area contributed by atoms with Crippen LogP contribution in [-0.4, -0.2) is 34.2 Å². The molecular weight excluding hydrogens is 477 g/mol. The van der Waals surface area contributed by atoms with Crippen molar-refractivity contribution in [2.75, 3.05) is 13.2 Å². The quantitative estimate of drug-likeness (QED) is 0.169. The van der Waals surface area contributed by atoms with Gasteiger partial charge in [-0.25, -0.2) is 0 Å². The standard InChI is InChI=1S/C22H21Cl2NO4S2/c1-2-28-20(26)6-4-3-5-11-25-21(27)19(31-22(25)30)13-15-8-10-18(29-15)14-7-9-16(23)17(24)12-14/h7-10,12-13H,2-6,11H2,1H3. The smallest absolute Gasteiger partial charge is 0.305 e. The summed E-state index contributed by atoms with van der Waals surface area (Å²) in [6.07, 6.45) is 4.40. The van der Waals surface area contributed by atoms with Gasteiger partial charge < -0.3 is 9.15 Å². The van der Waals surface area contributed by atoms with Crippen LogP contribution in [0.3, 0.4) is 0 Å². The molecule has 31 heavy (non-hydrogen) atoms. The molecule has 0 radical (unpaired) electrons. The summed E-state index contributed by atoms with van der Waals surface area (Å²) < 4.78 is 11.3. The van der Waals surface area contributed by atoms with Crippen LogP contribution in [0, 0.1) is 0 Å². The predicted molar refractivity (Wildman–Crippen MR) is 129 cm³/mol. The van der Waals surface area contributed by atoms with Crippen molar-refractivity contribution in [2.45, 2.75) is 32.6 Å². The first-order valence-electron chi connectivity index (χ1n) is 9.85. The molecule has 0 saturated carbocycles. The second-order valence-corrected chi connectivity index (χ2v) is 9.27. The van der Waals surface area contributed by atoms with E-state index in [1.54, 1.807) is 36.1 Å². The Morgan fingerprint density at radius 2 is 2.00 bits per heavy atom. The summed E-state index contributed by atoms with van der Waals surface area (Å²) in [5.74, 6) is 0.862. The van der Waals surface area contributed by atoms with E-state index in [0.29, 0.717) is 50.4 Å². The number of carbonyl (C=O) groups is 2. The average Bonchev–Trinajstić information content (AvgIpc) is 3.30. The number of benzene rings is 1. The van der Waals surface area contributed by atoms with Crippen molar-refractivity contribution in [3.63, 3.8) is 0 Å². The van der Waals surface area contributed by atoms with Crippen LogP contribution in [0.4, 0.5) is 0 Å². The molecule has 1 aromatic carbocycles. The van der Waals surface area contributed by atoms with Gasteiger partial charge in [-0.3, -0.25) is 14.5 Å². The van der Waals surface area contributed by atoms with E-state index in [0.717, 1.165) is 24.8 Å². The molecule has 0 spiro atoms. The van der Waals surface area contributed by atoms with Crippen LogP contribution >= 0.6 is 47.2 Å². The molecule has 5 nitrogen and oxygen atoms in total. The van der Waals surface area contributed by atoms with Crippen molar-refractivity contribution in [1.82, 2.24) is 4.90 Å². The number of rotatable bonds is 9. The Morgan fingerprint density at radius 3 is 2.74 bits per heavy atom. The normalized spacial score (nSPS) is 15.2. The van der Waals surface area contributed by atoms with E-state index in [1.807, 2.05) is 12.1 Å². The molecule has 1 aromatic heterocycles. The molecule has 1 fully saturated rings. The number of ether oxygens (including phenoxy) is 1. The van der Waals surface area contributed by atoms with Gasteiger partial charge >= 0.3 is 5.97 Å². The lowest BCUT2D eigenvalue weighted by Gasteiger charge is -2.13. The zero-order valence-corrected chi connectivity index (χ0v) is 20.0. The molecule has 0 aliphatic carbocycles. The highest BCUT2D eigenvalue weighted by Crippen LogP contribution is 2.34. The van der Waals surface area contributed by atoms with Crippen molar-refractivity contribution in [3.8, 4) is 11.3 Å². The minimum atomic E-state index is -0.185. The summed E-state index contributed by atoms with van der Waals surface area (Å²) in [5, 5.41) is 0.919. The summed E-state index contributed by atoms with van der Waals surface area (Å²) >= 11 is 18.7. The summed E-state index contributed by atoms with van der Waals surface area (Å²) in [4.78, 5) is 26.2. The van der Waals surface area contributed by atoms with Crippen molar-refractivity contribution in [3.05, 3.63) is 51.0 Å². The molecule has 3 rings (SSSR count). The highest BCUT2D eigenvalue weighted by atomic mass is 35.5. The van der Waals surface area contributed by atoms with Crippen molar-refractivity contribution >= 4 is 69.5 Å². The van der Waals surface area contributed by atoms with Crippen LogP contribution in [0.5, 0.6) is 0 Å². The third-order valence-electron chi connectivity index (χ3n) is 4.55. The molecule has 0 bridgehead atoms. The Morgan fingerprint density at radius 1 is 1.19 bits per heavy atom. The molecule has 1 aliphatic heterocycles. The first kappa shape index (κ1) is 23.9. The molecule has 1 amide bonds. The molecular formula is C22H21Cl2NO4S2. The Bertz CT molecular complexity index is 1020. The number of thioether (sulfide) groups is 1. The van der Waals surface area contributed by atoms with E-state index in [2.05, 4.69) is 0 Å². The summed E-state index contributed by atoms with van der Waals surface area (Å²) in [7, 11) is 0. The second kappa shape index (κ2) is 11.2. The monoisotopic (exact) mass is 497 g/mol. The zero-order valence-electron chi connectivity index (χ0n) is 16.9. The number of esters is 1. The lowest BCUT2D eigenvalue weighted by atomic mass is 10.2. The highest BCUT2D eigenvalue weighted by molar-refractivity contribution is 8.26. The number of furan rings is 1. The van der Waals surface area contributed by atoms with E-state index in [1.165, 1.54) is 11.8 Å². The Kier molecular flexibility index (Phi) is 8.60. The van der Waals surface area contributed by atoms with Gasteiger partial charge in [0.05, 0.1) is 21.6 Å². The average molecular weight is 498 g/mol. The topological polar surface area (TPSA) is 59.8 Å². The van der Waals surface area contributed by atoms with Gasteiger partial charge in [0.25, 0.3) is 5.91 Å². The molecule has 0 unspecified atom stereocenters. The van der Waals surface area contributed by atoms with Gasteiger partial charge in [0.1, 0.15) is 15.8 Å². The van der Waals surface area contributed by atoms with Crippen molar-refractivity contribution in [2.24, 2.45) is 0 Å². The predicted octanol–water partition coefficient (Wildman–Crippen LogP) is 6.58. The fourth-order valence-electron chi connectivity index (χ4n) is 3.01. The number of amides is 1. The zero-order chi connectivity index (χ0) is 22.4. The van der Waals surface area contributed by atoms with Crippen LogP contribution in [0.2, 0.25) is 10.0 Å². The first-order valence-corrected chi connectivity index (χ1v) is 11.8. The van der Waals surface area contributed by atoms with E-state index < -0.39 is 0 Å². The third-order valence-corrected chi connectivity index (χ3v) is 6.66. The van der Waals surface area contributed by atoms with Crippen LogP contribution in [0.1, 0.15) is 38.4 Å². The van der Waals surface area contributed by atoms with Gasteiger partial charge in [0, 0.05) is 24.6 Å². The number of unbranched alkanes of at least 4 members (excludes halogenated alkanes) is 2. The van der Waals surface area contributed by atoms with E-state index in [-0.39, 0.29) is 11.9 Å². The fraction of sp³-hybridized carbons (Fsp3) is 0.318. The molecule has 0 atom stereocenters. The molecule has 9 heteroatoms. The molecule has 164 valence electrons. The second-order valence-electron chi connectivity index (χ2n) is 6.78. The molecule has 2 aromatic rings. The molecule has 1 aliphatic rings. The maximum Gasteiger partial charge on any atom is 0.305 e. The molecule has 1 saturated heterocycles. The van der Waals surface area contributed by atoms with Gasteiger partial charge in [-0.2, -0.15) is 0 Å². The number of carbonyl (C=O) groups excluding carboxylic acids is 2. The Labute approximate surface area is 200 Å². The largest absolute Gasteiger partial charge is 0.466 e. The van der Waals surface area contributed by atoms with Gasteiger partial charge in [-0.1, -0.05) is 53.6 Å². The number of nitrogens with zero attached hydrogens (tertiary/aromatic N) is 1. The van der Waals surface area contributed by atoms with Crippen LogP contribution < -0.4 is 0 Å². The first-order chi connectivity index (χ1) is 14.9. The minimum Gasteiger partial charge on any atom is -0.466 e. The highest BCUT2D eigenvalue weighted by Gasteiger charge is 2.31. The van der Waals surface area contributed by atoms with Crippen molar-refractivity contribution in [1.29, 1.82) is 0 Å². The maximum absolute atomic E-state index is 12.7. The van der Waals surface area contributed by atoms with Crippen LogP contribution in [0.25, 0.3) is 17.4 Å². The summed E-state index contributed by atoms with van der Waals surface area (Å²) in [6, 6.07) is 8.86. The SMILES string of the molecule is CCOC(=O)CCCCCN1C(=O)C(=Cc2ccc(-c3ccc(Cl)c(Cl)c3)o2)SC1=S. The van der Waals surface area contributed by atoms with Crippen LogP contribution in [-0.2, 0) is 14.3 Å². The van der Waals surface area contributed by atoms with Gasteiger partial charge in [-0.15, -0.1) is 0 Å². The fourth-order valence-corrected chi connectivity index (χ4v) is 4.59. The molecule has 2 heterocycles. The lowest BCUT2D eigenvalue weighted by Crippen LogP contribution is -2.29. The van der Waals surface area contributed by atoms with Gasteiger partial charge in [0.15, 0.2) is 0 Å². The minimum absolute atomic E-state index is 0.132. The van der Waals surface area contributed by atoms with E-state index >= 15 is 0 Å². The van der Waals surface area contributed by atoms with E-state index in [9.17, 15) is 9.59 Å². The number of hydrogen-bond acceptors (Lipinski definition) is 6. The van der Waals surface area contributed by atoms with Crippen molar-refractivity contribution < 1.29 is 18.7 Å². The number of thiocarbonyl (C=S) groups is 1. The van der Waals surface area contributed by atoms with E-state index in [4.69, 9.17) is 44.6 Å². The third kappa shape index (κ3) is 6.35. The summed E-state index contributed by atoms with van der Waals surface area (Å²) in [5.41, 5.74) is 0.796. The van der Waals surface area contributed by atoms with Gasteiger partial charge in [-0.05, 0) is 50.1 Å². The summed E-state index contributed by atoms with van der Waals surface area (Å²) in [6.45, 7) is 2.71. The number of halogens is 2. The number of hydrogen-bond donors (Lipinski definition) is 0. The molecule has 0 N–H and O–H groups in total. The van der Waals surface area contributed by atoms with Crippen LogP contribution in [0.15, 0.2) is 39.7 Å². The Balaban J connectivity index is 1.57. The Hall–Kier alpha value is -1.80. The maximum atomic E-state index is 12.7. The van der Waals surface area contributed by atoms with Gasteiger partial charge in [0.2, 0.25) is 0 Å².